The number of rotatable bonds is 5. The number of carbonyl (C=O) groups excluding carboxylic acids is 2. The van der Waals surface area contributed by atoms with Crippen LogP contribution in [0.15, 0.2) is 0 Å². The fourth-order valence-corrected chi connectivity index (χ4v) is 3.12. The fourth-order valence-electron chi connectivity index (χ4n) is 3.12. The van der Waals surface area contributed by atoms with Gasteiger partial charge in [-0.2, -0.15) is 0 Å². The van der Waals surface area contributed by atoms with Crippen LogP contribution in [0, 0.1) is 11.3 Å². The van der Waals surface area contributed by atoms with Crippen molar-refractivity contribution in [1.82, 2.24) is 10.2 Å². The molecule has 1 heterocycles. The molecule has 0 unspecified atom stereocenters. The van der Waals surface area contributed by atoms with E-state index >= 15 is 0 Å². The minimum absolute atomic E-state index is 0.0587. The summed E-state index contributed by atoms with van der Waals surface area (Å²) < 4.78 is 4.80. The number of hydrogen-bond acceptors (Lipinski definition) is 4. The summed E-state index contributed by atoms with van der Waals surface area (Å²) in [5.41, 5.74) is -0.434. The fraction of sp³-hybridized carbons (Fsp3) is 0.857. The number of carbonyl (C=O) groups is 2. The van der Waals surface area contributed by atoms with Crippen molar-refractivity contribution in [2.24, 2.45) is 11.3 Å². The van der Waals surface area contributed by atoms with Gasteiger partial charge >= 0.3 is 5.97 Å². The Hall–Kier alpha value is -1.10. The van der Waals surface area contributed by atoms with Gasteiger partial charge < -0.3 is 15.0 Å². The first kappa shape index (κ1) is 14.3. The second-order valence-corrected chi connectivity index (χ2v) is 5.84. The first-order chi connectivity index (χ1) is 9.04. The zero-order chi connectivity index (χ0) is 14.0. The standard InChI is InChI=1S/C14H24N2O3/c1-4-11-10(5-8-16(11)2)12(17)15-9-14(6-7-14)13(18)19-3/h10-11H,4-9H2,1-3H3,(H,15,17)/t10-,11+/m0/s1. The summed E-state index contributed by atoms with van der Waals surface area (Å²) in [4.78, 5) is 26.1. The Balaban J connectivity index is 1.87. The predicted octanol–water partition coefficient (Wildman–Crippen LogP) is 0.786. The Morgan fingerprint density at radius 1 is 1.42 bits per heavy atom. The maximum absolute atomic E-state index is 12.3. The van der Waals surface area contributed by atoms with E-state index in [0.29, 0.717) is 12.6 Å². The smallest absolute Gasteiger partial charge is 0.313 e. The molecule has 2 rings (SSSR count). The molecule has 2 atom stereocenters. The van der Waals surface area contributed by atoms with Crippen molar-refractivity contribution < 1.29 is 14.3 Å². The Labute approximate surface area is 114 Å². The maximum Gasteiger partial charge on any atom is 0.313 e. The number of nitrogens with one attached hydrogen (secondary N) is 1. The van der Waals surface area contributed by atoms with Gasteiger partial charge in [0.1, 0.15) is 0 Å². The van der Waals surface area contributed by atoms with Crippen molar-refractivity contribution in [3.63, 3.8) is 0 Å². The summed E-state index contributed by atoms with van der Waals surface area (Å²) in [6.07, 6.45) is 3.53. The van der Waals surface area contributed by atoms with Gasteiger partial charge in [-0.25, -0.2) is 0 Å². The zero-order valence-electron chi connectivity index (χ0n) is 12.1. The van der Waals surface area contributed by atoms with E-state index in [2.05, 4.69) is 24.2 Å². The van der Waals surface area contributed by atoms with Crippen molar-refractivity contribution in [3.05, 3.63) is 0 Å². The number of ether oxygens (including phenoxy) is 1. The molecule has 1 N–H and O–H groups in total. The van der Waals surface area contributed by atoms with E-state index in [0.717, 1.165) is 32.2 Å². The molecule has 1 amide bonds. The van der Waals surface area contributed by atoms with Gasteiger partial charge in [-0.15, -0.1) is 0 Å². The first-order valence-electron chi connectivity index (χ1n) is 7.10. The Morgan fingerprint density at radius 3 is 2.63 bits per heavy atom. The van der Waals surface area contributed by atoms with E-state index < -0.39 is 5.41 Å². The minimum Gasteiger partial charge on any atom is -0.469 e. The molecular formula is C14H24N2O3. The highest BCUT2D eigenvalue weighted by Gasteiger charge is 2.51. The Morgan fingerprint density at radius 2 is 2.11 bits per heavy atom. The lowest BCUT2D eigenvalue weighted by molar-refractivity contribution is -0.147. The van der Waals surface area contributed by atoms with E-state index in [1.54, 1.807) is 0 Å². The third kappa shape index (κ3) is 2.76. The summed E-state index contributed by atoms with van der Waals surface area (Å²) in [5, 5.41) is 2.96. The number of likely N-dealkylation sites (tertiary alicyclic amines) is 1. The van der Waals surface area contributed by atoms with Crippen LogP contribution in [0.3, 0.4) is 0 Å². The molecule has 2 aliphatic rings. The van der Waals surface area contributed by atoms with Crippen molar-refractivity contribution in [2.75, 3.05) is 27.2 Å². The molecule has 1 aliphatic carbocycles. The van der Waals surface area contributed by atoms with E-state index in [1.165, 1.54) is 7.11 Å². The van der Waals surface area contributed by atoms with Crippen LogP contribution in [-0.2, 0) is 14.3 Å². The van der Waals surface area contributed by atoms with Crippen LogP contribution in [0.25, 0.3) is 0 Å². The molecule has 0 aromatic rings. The predicted molar refractivity (Wildman–Crippen MR) is 71.5 cm³/mol. The van der Waals surface area contributed by atoms with Crippen LogP contribution in [-0.4, -0.2) is 50.1 Å². The third-order valence-electron chi connectivity index (χ3n) is 4.65. The van der Waals surface area contributed by atoms with Gasteiger partial charge in [0.25, 0.3) is 0 Å². The van der Waals surface area contributed by atoms with Gasteiger partial charge in [0.05, 0.1) is 18.4 Å². The van der Waals surface area contributed by atoms with Gasteiger partial charge in [-0.1, -0.05) is 6.92 Å². The molecule has 1 saturated carbocycles. The van der Waals surface area contributed by atoms with Gasteiger partial charge in [0, 0.05) is 12.6 Å². The molecule has 1 saturated heterocycles. The highest BCUT2D eigenvalue weighted by Crippen LogP contribution is 2.46. The molecule has 0 spiro atoms. The molecule has 5 nitrogen and oxygen atoms in total. The topological polar surface area (TPSA) is 58.6 Å². The van der Waals surface area contributed by atoms with E-state index in [1.807, 2.05) is 0 Å². The average molecular weight is 268 g/mol. The lowest BCUT2D eigenvalue weighted by atomic mass is 9.97. The molecule has 0 aromatic heterocycles. The van der Waals surface area contributed by atoms with Crippen LogP contribution in [0.1, 0.15) is 32.6 Å². The molecule has 0 aromatic carbocycles. The number of nitrogens with zero attached hydrogens (tertiary/aromatic N) is 1. The molecular weight excluding hydrogens is 244 g/mol. The van der Waals surface area contributed by atoms with Crippen LogP contribution in [0.5, 0.6) is 0 Å². The summed E-state index contributed by atoms with van der Waals surface area (Å²) in [7, 11) is 3.47. The highest BCUT2D eigenvalue weighted by molar-refractivity contribution is 5.83. The van der Waals surface area contributed by atoms with Gasteiger partial charge in [0.2, 0.25) is 5.91 Å². The van der Waals surface area contributed by atoms with E-state index in [-0.39, 0.29) is 17.8 Å². The van der Waals surface area contributed by atoms with Crippen molar-refractivity contribution in [2.45, 2.75) is 38.6 Å². The number of amides is 1. The molecule has 19 heavy (non-hydrogen) atoms. The second-order valence-electron chi connectivity index (χ2n) is 5.84. The van der Waals surface area contributed by atoms with Crippen molar-refractivity contribution in [1.29, 1.82) is 0 Å². The van der Waals surface area contributed by atoms with Gasteiger partial charge in [-0.3, -0.25) is 9.59 Å². The summed E-state index contributed by atoms with van der Waals surface area (Å²) >= 11 is 0. The number of hydrogen-bond donors (Lipinski definition) is 1. The zero-order valence-corrected chi connectivity index (χ0v) is 12.1. The van der Waals surface area contributed by atoms with Gasteiger partial charge in [-0.05, 0) is 39.3 Å². The summed E-state index contributed by atoms with van der Waals surface area (Å²) in [6, 6.07) is 0.327. The van der Waals surface area contributed by atoms with Crippen LogP contribution in [0.4, 0.5) is 0 Å². The monoisotopic (exact) mass is 268 g/mol. The average Bonchev–Trinajstić information content (AvgIpc) is 3.12. The highest BCUT2D eigenvalue weighted by atomic mass is 16.5. The Bertz CT molecular complexity index is 366. The Kier molecular flexibility index (Phi) is 4.13. The third-order valence-corrected chi connectivity index (χ3v) is 4.65. The lowest BCUT2D eigenvalue weighted by Gasteiger charge is -2.23. The van der Waals surface area contributed by atoms with Crippen LogP contribution >= 0.6 is 0 Å². The lowest BCUT2D eigenvalue weighted by Crippen LogP contribution is -2.42. The van der Waals surface area contributed by atoms with E-state index in [9.17, 15) is 9.59 Å². The van der Waals surface area contributed by atoms with Crippen LogP contribution < -0.4 is 5.32 Å². The molecule has 108 valence electrons. The minimum atomic E-state index is -0.434. The number of esters is 1. The second kappa shape index (κ2) is 5.49. The molecule has 0 radical (unpaired) electrons. The summed E-state index contributed by atoms with van der Waals surface area (Å²) in [6.45, 7) is 3.51. The normalized spacial score (nSPS) is 29.0. The van der Waals surface area contributed by atoms with E-state index in [4.69, 9.17) is 4.74 Å². The quantitative estimate of drug-likeness (QED) is 0.749. The largest absolute Gasteiger partial charge is 0.469 e. The summed E-state index contributed by atoms with van der Waals surface area (Å²) in [5.74, 6) is -0.0433. The molecule has 1 aliphatic heterocycles. The van der Waals surface area contributed by atoms with Crippen molar-refractivity contribution in [3.8, 4) is 0 Å². The number of methoxy groups -OCH3 is 1. The van der Waals surface area contributed by atoms with Crippen molar-refractivity contribution >= 4 is 11.9 Å². The molecule has 5 heteroatoms. The maximum atomic E-state index is 12.3. The SMILES string of the molecule is CC[C@@H]1[C@@H](C(=O)NCC2(C(=O)OC)CC2)CCN1C. The van der Waals surface area contributed by atoms with Crippen LogP contribution in [0.2, 0.25) is 0 Å². The first-order valence-corrected chi connectivity index (χ1v) is 7.10. The molecule has 0 bridgehead atoms. The molecule has 2 fully saturated rings. The van der Waals surface area contributed by atoms with Gasteiger partial charge in [0.15, 0.2) is 0 Å².